The van der Waals surface area contributed by atoms with Gasteiger partial charge in [0, 0.05) is 24.8 Å². The lowest BCUT2D eigenvalue weighted by Gasteiger charge is -2.07. The second-order valence-electron chi connectivity index (χ2n) is 4.00. The Kier molecular flexibility index (Phi) is 3.97. The molecule has 18 heavy (non-hydrogen) atoms. The number of amides is 1. The van der Waals surface area contributed by atoms with Crippen LogP contribution in [0.25, 0.3) is 0 Å². The lowest BCUT2D eigenvalue weighted by molar-refractivity contribution is 0.0963. The second kappa shape index (κ2) is 5.87. The van der Waals surface area contributed by atoms with Gasteiger partial charge in [-0.3, -0.25) is 4.79 Å². The average Bonchev–Trinajstić information content (AvgIpc) is 2.46. The van der Waals surface area contributed by atoms with Crippen LogP contribution in [0, 0.1) is 0 Å². The summed E-state index contributed by atoms with van der Waals surface area (Å²) in [6.07, 6.45) is 0. The number of anilines is 1. The van der Waals surface area contributed by atoms with Gasteiger partial charge in [-0.1, -0.05) is 30.3 Å². The fraction of sp³-hybridized carbons (Fsp3) is 0.133. The summed E-state index contributed by atoms with van der Waals surface area (Å²) >= 11 is 0. The molecule has 0 heterocycles. The van der Waals surface area contributed by atoms with Crippen molar-refractivity contribution >= 4 is 11.6 Å². The third kappa shape index (κ3) is 3.10. The van der Waals surface area contributed by atoms with E-state index in [0.717, 1.165) is 17.8 Å². The first-order chi connectivity index (χ1) is 8.79. The van der Waals surface area contributed by atoms with Gasteiger partial charge in [0.15, 0.2) is 0 Å². The molecule has 0 bridgehead atoms. The molecule has 0 saturated carbocycles. The highest BCUT2D eigenvalue weighted by Crippen LogP contribution is 2.09. The third-order valence-electron chi connectivity index (χ3n) is 2.71. The Morgan fingerprint density at radius 1 is 1.00 bits per heavy atom. The molecule has 2 aromatic rings. The molecule has 0 saturated heterocycles. The van der Waals surface area contributed by atoms with Crippen molar-refractivity contribution < 1.29 is 4.79 Å². The minimum absolute atomic E-state index is 0.0578. The van der Waals surface area contributed by atoms with Crippen LogP contribution in [0.5, 0.6) is 0 Å². The normalized spacial score (nSPS) is 9.83. The van der Waals surface area contributed by atoms with Crippen LogP contribution in [0.3, 0.4) is 0 Å². The fourth-order valence-electron chi connectivity index (χ4n) is 1.68. The number of benzene rings is 2. The first kappa shape index (κ1) is 12.2. The fourth-order valence-corrected chi connectivity index (χ4v) is 1.68. The monoisotopic (exact) mass is 240 g/mol. The van der Waals surface area contributed by atoms with Crippen molar-refractivity contribution in [1.29, 1.82) is 0 Å². The summed E-state index contributed by atoms with van der Waals surface area (Å²) in [4.78, 5) is 11.4. The number of nitrogens with one attached hydrogen (secondary N) is 2. The molecule has 2 rings (SSSR count). The molecule has 0 atom stereocenters. The van der Waals surface area contributed by atoms with Crippen LogP contribution in [0.2, 0.25) is 0 Å². The molecule has 2 aromatic carbocycles. The Bertz CT molecular complexity index is 506. The molecular weight excluding hydrogens is 224 g/mol. The van der Waals surface area contributed by atoms with Crippen molar-refractivity contribution in [2.75, 3.05) is 12.4 Å². The van der Waals surface area contributed by atoms with E-state index in [2.05, 4.69) is 10.6 Å². The first-order valence-corrected chi connectivity index (χ1v) is 5.89. The second-order valence-corrected chi connectivity index (χ2v) is 4.00. The predicted octanol–water partition coefficient (Wildman–Crippen LogP) is 2.66. The van der Waals surface area contributed by atoms with E-state index in [4.69, 9.17) is 0 Å². The van der Waals surface area contributed by atoms with Crippen LogP contribution in [-0.4, -0.2) is 13.0 Å². The Morgan fingerprint density at radius 3 is 2.28 bits per heavy atom. The number of carbonyl (C=O) groups is 1. The molecule has 0 aliphatic rings. The van der Waals surface area contributed by atoms with Crippen LogP contribution < -0.4 is 10.6 Å². The van der Waals surface area contributed by atoms with Gasteiger partial charge >= 0.3 is 0 Å². The molecule has 0 spiro atoms. The van der Waals surface area contributed by atoms with E-state index in [9.17, 15) is 4.79 Å². The van der Waals surface area contributed by atoms with Crippen molar-refractivity contribution in [3.8, 4) is 0 Å². The summed E-state index contributed by atoms with van der Waals surface area (Å²) in [5.41, 5.74) is 2.92. The lowest BCUT2D eigenvalue weighted by atomic mass is 10.1. The molecule has 0 radical (unpaired) electrons. The highest BCUT2D eigenvalue weighted by atomic mass is 16.1. The van der Waals surface area contributed by atoms with E-state index in [1.54, 1.807) is 7.05 Å². The highest BCUT2D eigenvalue weighted by Gasteiger charge is 2.01. The minimum Gasteiger partial charge on any atom is -0.381 e. The summed E-state index contributed by atoms with van der Waals surface area (Å²) < 4.78 is 0. The lowest BCUT2D eigenvalue weighted by Crippen LogP contribution is -2.17. The molecule has 2 N–H and O–H groups in total. The largest absolute Gasteiger partial charge is 0.381 e. The van der Waals surface area contributed by atoms with Gasteiger partial charge in [-0.25, -0.2) is 0 Å². The Hall–Kier alpha value is -2.29. The molecule has 0 aromatic heterocycles. The van der Waals surface area contributed by atoms with E-state index in [1.165, 1.54) is 0 Å². The van der Waals surface area contributed by atoms with Crippen LogP contribution in [0.4, 0.5) is 5.69 Å². The summed E-state index contributed by atoms with van der Waals surface area (Å²) in [6, 6.07) is 17.6. The van der Waals surface area contributed by atoms with Gasteiger partial charge in [0.25, 0.3) is 5.91 Å². The number of hydrogen-bond donors (Lipinski definition) is 2. The zero-order chi connectivity index (χ0) is 12.8. The molecule has 0 aliphatic carbocycles. The minimum atomic E-state index is -0.0578. The topological polar surface area (TPSA) is 41.1 Å². The molecule has 0 aliphatic heterocycles. The Labute approximate surface area is 107 Å². The Balaban J connectivity index is 1.97. The molecule has 3 nitrogen and oxygen atoms in total. The van der Waals surface area contributed by atoms with Crippen molar-refractivity contribution in [1.82, 2.24) is 5.32 Å². The van der Waals surface area contributed by atoms with Crippen LogP contribution in [-0.2, 0) is 6.54 Å². The summed E-state index contributed by atoms with van der Waals surface area (Å²) in [7, 11) is 1.63. The highest BCUT2D eigenvalue weighted by molar-refractivity contribution is 5.93. The van der Waals surface area contributed by atoms with E-state index >= 15 is 0 Å². The zero-order valence-electron chi connectivity index (χ0n) is 10.3. The van der Waals surface area contributed by atoms with Crippen molar-refractivity contribution in [3.05, 3.63) is 65.7 Å². The summed E-state index contributed by atoms with van der Waals surface area (Å²) in [6.45, 7) is 0.748. The van der Waals surface area contributed by atoms with Gasteiger partial charge in [-0.2, -0.15) is 0 Å². The van der Waals surface area contributed by atoms with E-state index in [1.807, 2.05) is 54.6 Å². The molecular formula is C15H16N2O. The number of carbonyl (C=O) groups excluding carboxylic acids is 1. The van der Waals surface area contributed by atoms with E-state index < -0.39 is 0 Å². The molecule has 0 fully saturated rings. The van der Waals surface area contributed by atoms with Crippen LogP contribution in [0.1, 0.15) is 15.9 Å². The smallest absolute Gasteiger partial charge is 0.251 e. The van der Waals surface area contributed by atoms with Crippen molar-refractivity contribution in [2.45, 2.75) is 6.54 Å². The summed E-state index contributed by atoms with van der Waals surface area (Å²) in [5, 5.41) is 5.93. The SMILES string of the molecule is CNC(=O)c1ccc(CNc2ccccc2)cc1. The zero-order valence-corrected chi connectivity index (χ0v) is 10.3. The number of para-hydroxylation sites is 1. The van der Waals surface area contributed by atoms with Gasteiger partial charge in [0.1, 0.15) is 0 Å². The van der Waals surface area contributed by atoms with Crippen molar-refractivity contribution in [2.24, 2.45) is 0 Å². The maximum absolute atomic E-state index is 11.4. The Morgan fingerprint density at radius 2 is 1.67 bits per heavy atom. The number of hydrogen-bond acceptors (Lipinski definition) is 2. The predicted molar refractivity (Wildman–Crippen MR) is 73.6 cm³/mol. The van der Waals surface area contributed by atoms with E-state index in [-0.39, 0.29) is 5.91 Å². The molecule has 0 unspecified atom stereocenters. The van der Waals surface area contributed by atoms with Gasteiger partial charge in [0.2, 0.25) is 0 Å². The van der Waals surface area contributed by atoms with Crippen LogP contribution in [0.15, 0.2) is 54.6 Å². The molecule has 1 amide bonds. The standard InChI is InChI=1S/C15H16N2O/c1-16-15(18)13-9-7-12(8-10-13)11-17-14-5-3-2-4-6-14/h2-10,17H,11H2,1H3,(H,16,18). The summed E-state index contributed by atoms with van der Waals surface area (Å²) in [5.74, 6) is -0.0578. The third-order valence-corrected chi connectivity index (χ3v) is 2.71. The van der Waals surface area contributed by atoms with Gasteiger partial charge < -0.3 is 10.6 Å². The maximum Gasteiger partial charge on any atom is 0.251 e. The maximum atomic E-state index is 11.4. The van der Waals surface area contributed by atoms with Gasteiger partial charge in [0.05, 0.1) is 0 Å². The average molecular weight is 240 g/mol. The molecule has 3 heteroatoms. The van der Waals surface area contributed by atoms with Crippen LogP contribution >= 0.6 is 0 Å². The van der Waals surface area contributed by atoms with Gasteiger partial charge in [-0.15, -0.1) is 0 Å². The van der Waals surface area contributed by atoms with Gasteiger partial charge in [-0.05, 0) is 29.8 Å². The first-order valence-electron chi connectivity index (χ1n) is 5.89. The molecule has 92 valence electrons. The van der Waals surface area contributed by atoms with E-state index in [0.29, 0.717) is 5.56 Å². The van der Waals surface area contributed by atoms with Crippen molar-refractivity contribution in [3.63, 3.8) is 0 Å². The quantitative estimate of drug-likeness (QED) is 0.862. The number of rotatable bonds is 4.